The Morgan fingerprint density at radius 1 is 1.28 bits per heavy atom. The standard InChI is InChI=1S/C14H16BrClN2/c1-14(2,3)9-7-8-5-6-10(16)11(15)12(8)18-13(9)17-4/h5-7H,1-4H3,(H,17,18). The van der Waals surface area contributed by atoms with Gasteiger partial charge in [-0.15, -0.1) is 0 Å². The van der Waals surface area contributed by atoms with Gasteiger partial charge in [0.2, 0.25) is 0 Å². The van der Waals surface area contributed by atoms with Crippen LogP contribution in [0.1, 0.15) is 26.3 Å². The van der Waals surface area contributed by atoms with Crippen molar-refractivity contribution < 1.29 is 0 Å². The van der Waals surface area contributed by atoms with Gasteiger partial charge in [0.15, 0.2) is 0 Å². The predicted molar refractivity (Wildman–Crippen MR) is 82.7 cm³/mol. The highest BCUT2D eigenvalue weighted by Gasteiger charge is 2.20. The van der Waals surface area contributed by atoms with Crippen molar-refractivity contribution in [3.63, 3.8) is 0 Å². The molecule has 0 aliphatic carbocycles. The third-order valence-electron chi connectivity index (χ3n) is 2.92. The first-order valence-electron chi connectivity index (χ1n) is 5.81. The Morgan fingerprint density at radius 3 is 2.50 bits per heavy atom. The van der Waals surface area contributed by atoms with Crippen LogP contribution >= 0.6 is 27.5 Å². The molecule has 2 nitrogen and oxygen atoms in total. The third kappa shape index (κ3) is 2.34. The number of aromatic nitrogens is 1. The third-order valence-corrected chi connectivity index (χ3v) is 4.27. The van der Waals surface area contributed by atoms with Gasteiger partial charge in [0, 0.05) is 18.0 Å². The molecule has 0 saturated carbocycles. The van der Waals surface area contributed by atoms with Crippen molar-refractivity contribution in [3.8, 4) is 0 Å². The number of pyridine rings is 1. The Hall–Kier alpha value is -0.800. The summed E-state index contributed by atoms with van der Waals surface area (Å²) < 4.78 is 0.846. The van der Waals surface area contributed by atoms with E-state index >= 15 is 0 Å². The average molecular weight is 328 g/mol. The second kappa shape index (κ2) is 4.71. The minimum atomic E-state index is 0.0473. The van der Waals surface area contributed by atoms with E-state index in [1.807, 2.05) is 19.2 Å². The number of fused-ring (bicyclic) bond motifs is 1. The smallest absolute Gasteiger partial charge is 0.130 e. The summed E-state index contributed by atoms with van der Waals surface area (Å²) in [6, 6.07) is 6.07. The molecule has 1 aromatic heterocycles. The monoisotopic (exact) mass is 326 g/mol. The largest absolute Gasteiger partial charge is 0.373 e. The molecule has 0 aliphatic rings. The van der Waals surface area contributed by atoms with E-state index in [4.69, 9.17) is 11.6 Å². The van der Waals surface area contributed by atoms with Gasteiger partial charge in [0.25, 0.3) is 0 Å². The van der Waals surface area contributed by atoms with Crippen LogP contribution in [0.15, 0.2) is 22.7 Å². The number of hydrogen-bond donors (Lipinski definition) is 1. The molecule has 0 saturated heterocycles. The normalized spacial score (nSPS) is 11.9. The van der Waals surface area contributed by atoms with Crippen LogP contribution in [0.2, 0.25) is 5.02 Å². The highest BCUT2D eigenvalue weighted by Crippen LogP contribution is 2.35. The second-order valence-corrected chi connectivity index (χ2v) is 6.52. The quantitative estimate of drug-likeness (QED) is 0.798. The highest BCUT2D eigenvalue weighted by molar-refractivity contribution is 9.10. The number of nitrogens with one attached hydrogen (secondary N) is 1. The van der Waals surface area contributed by atoms with Gasteiger partial charge < -0.3 is 5.32 Å². The molecule has 1 aromatic carbocycles. The lowest BCUT2D eigenvalue weighted by Crippen LogP contribution is -2.15. The van der Waals surface area contributed by atoms with Gasteiger partial charge in [-0.1, -0.05) is 38.4 Å². The van der Waals surface area contributed by atoms with Crippen LogP contribution in [0, 0.1) is 0 Å². The summed E-state index contributed by atoms with van der Waals surface area (Å²) in [6.45, 7) is 6.55. The molecule has 2 rings (SSSR count). The van der Waals surface area contributed by atoms with Gasteiger partial charge in [-0.05, 0) is 33.5 Å². The Labute approximate surface area is 121 Å². The number of anilines is 1. The maximum absolute atomic E-state index is 6.11. The van der Waals surface area contributed by atoms with E-state index in [2.05, 4.69) is 53.1 Å². The van der Waals surface area contributed by atoms with Crippen molar-refractivity contribution in [3.05, 3.63) is 33.3 Å². The van der Waals surface area contributed by atoms with Crippen molar-refractivity contribution >= 4 is 44.3 Å². The maximum Gasteiger partial charge on any atom is 0.130 e. The van der Waals surface area contributed by atoms with Gasteiger partial charge in [-0.2, -0.15) is 0 Å². The molecule has 4 heteroatoms. The summed E-state index contributed by atoms with van der Waals surface area (Å²) in [4.78, 5) is 4.68. The molecule has 1 heterocycles. The van der Waals surface area contributed by atoms with Crippen molar-refractivity contribution in [2.24, 2.45) is 0 Å². The van der Waals surface area contributed by atoms with Crippen molar-refractivity contribution in [2.75, 3.05) is 12.4 Å². The van der Waals surface area contributed by atoms with Crippen molar-refractivity contribution in [2.45, 2.75) is 26.2 Å². The summed E-state index contributed by atoms with van der Waals surface area (Å²) in [7, 11) is 1.89. The fourth-order valence-electron chi connectivity index (χ4n) is 1.94. The van der Waals surface area contributed by atoms with Gasteiger partial charge in [-0.25, -0.2) is 4.98 Å². The Balaban J connectivity index is 2.81. The van der Waals surface area contributed by atoms with Crippen LogP contribution in [-0.2, 0) is 5.41 Å². The summed E-state index contributed by atoms with van der Waals surface area (Å²) in [5.74, 6) is 0.901. The highest BCUT2D eigenvalue weighted by atomic mass is 79.9. The minimum Gasteiger partial charge on any atom is -0.373 e. The number of benzene rings is 1. The Kier molecular flexibility index (Phi) is 3.56. The molecular formula is C14H16BrClN2. The summed E-state index contributed by atoms with van der Waals surface area (Å²) >= 11 is 9.60. The summed E-state index contributed by atoms with van der Waals surface area (Å²) in [5, 5.41) is 4.94. The van der Waals surface area contributed by atoms with Crippen LogP contribution in [0.25, 0.3) is 10.9 Å². The molecule has 0 spiro atoms. The van der Waals surface area contributed by atoms with Gasteiger partial charge in [0.1, 0.15) is 5.82 Å². The molecule has 0 aliphatic heterocycles. The van der Waals surface area contributed by atoms with E-state index in [0.717, 1.165) is 21.2 Å². The zero-order chi connectivity index (χ0) is 13.5. The van der Waals surface area contributed by atoms with E-state index < -0.39 is 0 Å². The van der Waals surface area contributed by atoms with E-state index in [9.17, 15) is 0 Å². The molecule has 18 heavy (non-hydrogen) atoms. The van der Waals surface area contributed by atoms with E-state index in [1.54, 1.807) is 0 Å². The van der Waals surface area contributed by atoms with Crippen LogP contribution in [0.3, 0.4) is 0 Å². The molecule has 2 aromatic rings. The van der Waals surface area contributed by atoms with E-state index in [-0.39, 0.29) is 5.41 Å². The molecule has 96 valence electrons. The van der Waals surface area contributed by atoms with Crippen LogP contribution in [0.5, 0.6) is 0 Å². The number of rotatable bonds is 1. The SMILES string of the molecule is CNc1nc2c(Br)c(Cl)ccc2cc1C(C)(C)C. The number of hydrogen-bond acceptors (Lipinski definition) is 2. The lowest BCUT2D eigenvalue weighted by Gasteiger charge is -2.22. The first-order valence-corrected chi connectivity index (χ1v) is 6.98. The zero-order valence-electron chi connectivity index (χ0n) is 10.9. The number of halogens is 2. The summed E-state index contributed by atoms with van der Waals surface area (Å²) in [5.41, 5.74) is 2.14. The van der Waals surface area contributed by atoms with Crippen LogP contribution in [0.4, 0.5) is 5.82 Å². The van der Waals surface area contributed by atoms with Gasteiger partial charge in [0.05, 0.1) is 15.0 Å². The Bertz CT molecular complexity index is 603. The molecule has 0 fully saturated rings. The van der Waals surface area contributed by atoms with E-state index in [0.29, 0.717) is 5.02 Å². The molecule has 0 amide bonds. The van der Waals surface area contributed by atoms with Gasteiger partial charge in [-0.3, -0.25) is 0 Å². The molecule has 1 N–H and O–H groups in total. The molecule has 0 radical (unpaired) electrons. The van der Waals surface area contributed by atoms with Gasteiger partial charge >= 0.3 is 0 Å². The van der Waals surface area contributed by atoms with E-state index in [1.165, 1.54) is 5.56 Å². The van der Waals surface area contributed by atoms with Crippen molar-refractivity contribution in [1.29, 1.82) is 0 Å². The van der Waals surface area contributed by atoms with Crippen LogP contribution in [-0.4, -0.2) is 12.0 Å². The maximum atomic E-state index is 6.11. The first-order chi connectivity index (χ1) is 8.34. The fraction of sp³-hybridized carbons (Fsp3) is 0.357. The second-order valence-electron chi connectivity index (χ2n) is 5.32. The lowest BCUT2D eigenvalue weighted by atomic mass is 9.86. The minimum absolute atomic E-state index is 0.0473. The average Bonchev–Trinajstić information content (AvgIpc) is 2.31. The molecule has 0 atom stereocenters. The topological polar surface area (TPSA) is 24.9 Å². The first kappa shape index (κ1) is 13.6. The molecule has 0 bridgehead atoms. The predicted octanol–water partition coefficient (Wildman–Crippen LogP) is 4.99. The van der Waals surface area contributed by atoms with Crippen LogP contribution < -0.4 is 5.32 Å². The summed E-state index contributed by atoms with van der Waals surface area (Å²) in [6.07, 6.45) is 0. The Morgan fingerprint density at radius 2 is 1.94 bits per heavy atom. The molecule has 0 unspecified atom stereocenters. The number of nitrogens with zero attached hydrogens (tertiary/aromatic N) is 1. The zero-order valence-corrected chi connectivity index (χ0v) is 13.3. The molecular weight excluding hydrogens is 312 g/mol. The lowest BCUT2D eigenvalue weighted by molar-refractivity contribution is 0.591. The van der Waals surface area contributed by atoms with Crippen molar-refractivity contribution in [1.82, 2.24) is 4.98 Å². The fourth-order valence-corrected chi connectivity index (χ4v) is 2.55.